The van der Waals surface area contributed by atoms with E-state index < -0.39 is 0 Å². The lowest BCUT2D eigenvalue weighted by atomic mass is 10.0. The number of rotatable bonds is 4. The first-order chi connectivity index (χ1) is 5.33. The van der Waals surface area contributed by atoms with Crippen LogP contribution in [-0.2, 0) is 0 Å². The Kier molecular flexibility index (Phi) is 4.31. The van der Waals surface area contributed by atoms with Crippen molar-refractivity contribution in [3.05, 3.63) is 0 Å². The zero-order valence-electron chi connectivity index (χ0n) is 7.25. The minimum Gasteiger partial charge on any atom is -0.392 e. The second kappa shape index (κ2) is 5.04. The molecule has 0 saturated heterocycles. The second-order valence-corrected chi connectivity index (χ2v) is 4.41. The Morgan fingerprint density at radius 1 is 1.45 bits per heavy atom. The standard InChI is InChI=1S/C9H18OS/c1-11-7-9(10)6-8-4-2-3-5-8/h8-10H,2-7H2,1H3. The van der Waals surface area contributed by atoms with Gasteiger partial charge in [0.1, 0.15) is 0 Å². The Balaban J connectivity index is 2.08. The van der Waals surface area contributed by atoms with Gasteiger partial charge in [0.15, 0.2) is 0 Å². The van der Waals surface area contributed by atoms with Crippen LogP contribution in [0.15, 0.2) is 0 Å². The minimum absolute atomic E-state index is 0.0481. The van der Waals surface area contributed by atoms with E-state index in [1.54, 1.807) is 11.8 Å². The molecule has 0 aromatic heterocycles. The highest BCUT2D eigenvalue weighted by atomic mass is 32.2. The van der Waals surface area contributed by atoms with Crippen LogP contribution >= 0.6 is 11.8 Å². The van der Waals surface area contributed by atoms with Crippen LogP contribution < -0.4 is 0 Å². The molecule has 1 aliphatic carbocycles. The highest BCUT2D eigenvalue weighted by Gasteiger charge is 2.18. The lowest BCUT2D eigenvalue weighted by Gasteiger charge is -2.13. The second-order valence-electron chi connectivity index (χ2n) is 3.50. The van der Waals surface area contributed by atoms with Crippen LogP contribution in [-0.4, -0.2) is 23.2 Å². The molecular weight excluding hydrogens is 156 g/mol. The summed E-state index contributed by atoms with van der Waals surface area (Å²) in [4.78, 5) is 0. The van der Waals surface area contributed by atoms with E-state index in [1.807, 2.05) is 0 Å². The molecule has 1 nitrogen and oxygen atoms in total. The maximum absolute atomic E-state index is 9.49. The molecule has 1 unspecified atom stereocenters. The number of aliphatic hydroxyl groups is 1. The van der Waals surface area contributed by atoms with Crippen molar-refractivity contribution in [3.8, 4) is 0 Å². The number of hydrogen-bond donors (Lipinski definition) is 1. The van der Waals surface area contributed by atoms with E-state index in [0.29, 0.717) is 0 Å². The quantitative estimate of drug-likeness (QED) is 0.705. The monoisotopic (exact) mass is 174 g/mol. The van der Waals surface area contributed by atoms with E-state index >= 15 is 0 Å². The van der Waals surface area contributed by atoms with Crippen molar-refractivity contribution in [2.75, 3.05) is 12.0 Å². The van der Waals surface area contributed by atoms with Gasteiger partial charge < -0.3 is 5.11 Å². The summed E-state index contributed by atoms with van der Waals surface area (Å²) < 4.78 is 0. The average Bonchev–Trinajstić information content (AvgIpc) is 2.40. The Morgan fingerprint density at radius 3 is 2.64 bits per heavy atom. The first kappa shape index (κ1) is 9.40. The molecule has 0 spiro atoms. The van der Waals surface area contributed by atoms with E-state index in [9.17, 15) is 5.11 Å². The molecule has 11 heavy (non-hydrogen) atoms. The third-order valence-corrected chi connectivity index (χ3v) is 3.16. The van der Waals surface area contributed by atoms with Crippen LogP contribution in [0.5, 0.6) is 0 Å². The van der Waals surface area contributed by atoms with E-state index in [1.165, 1.54) is 25.7 Å². The van der Waals surface area contributed by atoms with Crippen LogP contribution in [0.3, 0.4) is 0 Å². The molecule has 0 aliphatic heterocycles. The van der Waals surface area contributed by atoms with Crippen molar-refractivity contribution >= 4 is 11.8 Å². The van der Waals surface area contributed by atoms with Crippen LogP contribution in [0.25, 0.3) is 0 Å². The molecule has 0 amide bonds. The SMILES string of the molecule is CSCC(O)CC1CCCC1. The summed E-state index contributed by atoms with van der Waals surface area (Å²) in [7, 11) is 0. The molecule has 0 radical (unpaired) electrons. The molecule has 66 valence electrons. The highest BCUT2D eigenvalue weighted by molar-refractivity contribution is 7.98. The predicted octanol–water partition coefficient (Wildman–Crippen LogP) is 2.29. The van der Waals surface area contributed by atoms with Crippen LogP contribution in [0.2, 0.25) is 0 Å². The van der Waals surface area contributed by atoms with Gasteiger partial charge in [0, 0.05) is 5.75 Å². The Labute approximate surface area is 73.6 Å². The molecule has 0 aromatic rings. The van der Waals surface area contributed by atoms with Crippen molar-refractivity contribution in [3.63, 3.8) is 0 Å². The summed E-state index contributed by atoms with van der Waals surface area (Å²) in [6.45, 7) is 0. The zero-order chi connectivity index (χ0) is 8.10. The lowest BCUT2D eigenvalue weighted by Crippen LogP contribution is -2.14. The minimum atomic E-state index is -0.0481. The van der Waals surface area contributed by atoms with E-state index in [0.717, 1.165) is 18.1 Å². The van der Waals surface area contributed by atoms with E-state index in [4.69, 9.17) is 0 Å². The van der Waals surface area contributed by atoms with E-state index in [-0.39, 0.29) is 6.10 Å². The van der Waals surface area contributed by atoms with Crippen molar-refractivity contribution in [2.45, 2.75) is 38.2 Å². The summed E-state index contributed by atoms with van der Waals surface area (Å²) >= 11 is 1.74. The van der Waals surface area contributed by atoms with Gasteiger partial charge in [0.25, 0.3) is 0 Å². The van der Waals surface area contributed by atoms with Gasteiger partial charge in [-0.15, -0.1) is 0 Å². The van der Waals surface area contributed by atoms with Gasteiger partial charge in [0.05, 0.1) is 6.10 Å². The van der Waals surface area contributed by atoms with Crippen LogP contribution in [0.1, 0.15) is 32.1 Å². The molecule has 1 rings (SSSR count). The number of hydrogen-bond acceptors (Lipinski definition) is 2. The molecule has 1 atom stereocenters. The molecule has 0 bridgehead atoms. The number of aliphatic hydroxyl groups excluding tert-OH is 1. The summed E-state index contributed by atoms with van der Waals surface area (Å²) in [6, 6.07) is 0. The summed E-state index contributed by atoms with van der Waals surface area (Å²) in [5.41, 5.74) is 0. The third-order valence-electron chi connectivity index (χ3n) is 2.44. The lowest BCUT2D eigenvalue weighted by molar-refractivity contribution is 0.166. The Bertz CT molecular complexity index is 99.7. The summed E-state index contributed by atoms with van der Waals surface area (Å²) in [5, 5.41) is 9.49. The fourth-order valence-electron chi connectivity index (χ4n) is 1.89. The number of thioether (sulfide) groups is 1. The van der Waals surface area contributed by atoms with Crippen molar-refractivity contribution in [1.29, 1.82) is 0 Å². The smallest absolute Gasteiger partial charge is 0.0633 e. The maximum atomic E-state index is 9.49. The molecule has 1 fully saturated rings. The highest BCUT2D eigenvalue weighted by Crippen LogP contribution is 2.28. The molecule has 0 aromatic carbocycles. The average molecular weight is 174 g/mol. The largest absolute Gasteiger partial charge is 0.392 e. The topological polar surface area (TPSA) is 20.2 Å². The maximum Gasteiger partial charge on any atom is 0.0633 e. The van der Waals surface area contributed by atoms with Gasteiger partial charge >= 0.3 is 0 Å². The molecule has 0 heterocycles. The fraction of sp³-hybridized carbons (Fsp3) is 1.00. The van der Waals surface area contributed by atoms with Crippen molar-refractivity contribution in [2.24, 2.45) is 5.92 Å². The third kappa shape index (κ3) is 3.48. The molecule has 1 aliphatic rings. The first-order valence-electron chi connectivity index (χ1n) is 4.50. The Hall–Kier alpha value is 0.310. The van der Waals surface area contributed by atoms with Gasteiger partial charge in [-0.05, 0) is 18.6 Å². The fourth-order valence-corrected chi connectivity index (χ4v) is 2.41. The normalized spacial score (nSPS) is 22.4. The van der Waals surface area contributed by atoms with E-state index in [2.05, 4.69) is 6.26 Å². The summed E-state index contributed by atoms with van der Waals surface area (Å²) in [5.74, 6) is 1.74. The summed E-state index contributed by atoms with van der Waals surface area (Å²) in [6.07, 6.45) is 8.52. The zero-order valence-corrected chi connectivity index (χ0v) is 8.07. The Morgan fingerprint density at radius 2 is 2.09 bits per heavy atom. The molecule has 2 heteroatoms. The van der Waals surface area contributed by atoms with Gasteiger partial charge in [0.2, 0.25) is 0 Å². The van der Waals surface area contributed by atoms with Gasteiger partial charge in [-0.1, -0.05) is 25.7 Å². The molecule has 1 N–H and O–H groups in total. The first-order valence-corrected chi connectivity index (χ1v) is 5.89. The van der Waals surface area contributed by atoms with Crippen molar-refractivity contribution in [1.82, 2.24) is 0 Å². The van der Waals surface area contributed by atoms with Crippen LogP contribution in [0.4, 0.5) is 0 Å². The molecule has 1 saturated carbocycles. The van der Waals surface area contributed by atoms with Crippen molar-refractivity contribution < 1.29 is 5.11 Å². The van der Waals surface area contributed by atoms with Gasteiger partial charge in [-0.25, -0.2) is 0 Å². The predicted molar refractivity (Wildman–Crippen MR) is 51.0 cm³/mol. The van der Waals surface area contributed by atoms with Gasteiger partial charge in [-0.3, -0.25) is 0 Å². The van der Waals surface area contributed by atoms with Gasteiger partial charge in [-0.2, -0.15) is 11.8 Å². The molecular formula is C9H18OS. The van der Waals surface area contributed by atoms with Crippen LogP contribution in [0, 0.1) is 5.92 Å².